The lowest BCUT2D eigenvalue weighted by Crippen LogP contribution is -2.11. The van der Waals surface area contributed by atoms with E-state index in [4.69, 9.17) is 0 Å². The molecule has 0 saturated heterocycles. The Morgan fingerprint density at radius 1 is 1.19 bits per heavy atom. The number of pyridine rings is 1. The highest BCUT2D eigenvalue weighted by atomic mass is 32.2. The predicted molar refractivity (Wildman–Crippen MR) is 113 cm³/mol. The van der Waals surface area contributed by atoms with E-state index in [1.54, 1.807) is 6.20 Å². The van der Waals surface area contributed by atoms with Crippen LogP contribution in [0.2, 0.25) is 0 Å². The smallest absolute Gasteiger partial charge is 0.283 e. The fourth-order valence-electron chi connectivity index (χ4n) is 2.88. The third kappa shape index (κ3) is 5.87. The molecule has 0 spiro atoms. The normalized spacial score (nSPS) is 12.7. The van der Waals surface area contributed by atoms with Crippen LogP contribution in [0.4, 0.5) is 10.5 Å². The summed E-state index contributed by atoms with van der Waals surface area (Å²) in [4.78, 5) is 16.8. The van der Waals surface area contributed by atoms with Gasteiger partial charge in [-0.2, -0.15) is 0 Å². The number of hydrogen-bond donors (Lipinski definition) is 1. The van der Waals surface area contributed by atoms with Crippen LogP contribution in [0.3, 0.4) is 0 Å². The summed E-state index contributed by atoms with van der Waals surface area (Å²) in [5, 5.41) is 2.98. The molecule has 0 saturated carbocycles. The second kappa shape index (κ2) is 9.22. The first kappa shape index (κ1) is 20.5. The summed E-state index contributed by atoms with van der Waals surface area (Å²) in [6.45, 7) is 10.9. The standard InChI is InChI=1S/C22H30N2OS/c1-6-8-16(2)20-19(9-7-14-23-20)24-21(25)26-15-17-10-12-18(13-11-17)22(3,4)5/h7,9-14,16H,6,8,15H2,1-5H3,(H,24,25). The fourth-order valence-corrected chi connectivity index (χ4v) is 3.55. The van der Waals surface area contributed by atoms with Gasteiger partial charge in [-0.1, -0.05) is 77.1 Å². The number of thioether (sulfide) groups is 1. The maximum absolute atomic E-state index is 12.4. The minimum Gasteiger partial charge on any atom is -0.315 e. The Bertz CT molecular complexity index is 720. The largest absolute Gasteiger partial charge is 0.315 e. The lowest BCUT2D eigenvalue weighted by molar-refractivity contribution is 0.269. The van der Waals surface area contributed by atoms with E-state index >= 15 is 0 Å². The molecule has 1 N–H and O–H groups in total. The molecule has 1 unspecified atom stereocenters. The van der Waals surface area contributed by atoms with Crippen molar-refractivity contribution in [3.8, 4) is 0 Å². The molecule has 2 rings (SSSR count). The summed E-state index contributed by atoms with van der Waals surface area (Å²) >= 11 is 1.29. The second-order valence-corrected chi connectivity index (χ2v) is 8.72. The van der Waals surface area contributed by atoms with Crippen molar-refractivity contribution in [2.24, 2.45) is 0 Å². The van der Waals surface area contributed by atoms with Crippen LogP contribution in [0.25, 0.3) is 0 Å². The van der Waals surface area contributed by atoms with Crippen molar-refractivity contribution in [1.82, 2.24) is 4.98 Å². The Morgan fingerprint density at radius 3 is 2.50 bits per heavy atom. The van der Waals surface area contributed by atoms with Crippen LogP contribution in [0.5, 0.6) is 0 Å². The Balaban J connectivity index is 1.95. The average molecular weight is 371 g/mol. The number of hydrogen-bond acceptors (Lipinski definition) is 3. The molecule has 0 aliphatic carbocycles. The number of aromatic nitrogens is 1. The first-order valence-electron chi connectivity index (χ1n) is 9.29. The van der Waals surface area contributed by atoms with Gasteiger partial charge in [-0.15, -0.1) is 0 Å². The number of carbonyl (C=O) groups is 1. The quantitative estimate of drug-likeness (QED) is 0.611. The van der Waals surface area contributed by atoms with Crippen LogP contribution >= 0.6 is 11.8 Å². The van der Waals surface area contributed by atoms with Gasteiger partial charge < -0.3 is 5.32 Å². The van der Waals surface area contributed by atoms with E-state index in [0.29, 0.717) is 11.7 Å². The van der Waals surface area contributed by atoms with Crippen molar-refractivity contribution in [2.75, 3.05) is 5.32 Å². The molecule has 140 valence electrons. The Hall–Kier alpha value is -1.81. The molecule has 26 heavy (non-hydrogen) atoms. The number of rotatable bonds is 6. The summed E-state index contributed by atoms with van der Waals surface area (Å²) in [7, 11) is 0. The molecule has 0 aliphatic heterocycles. The van der Waals surface area contributed by atoms with E-state index in [1.165, 1.54) is 17.3 Å². The van der Waals surface area contributed by atoms with Crippen molar-refractivity contribution >= 4 is 22.7 Å². The molecular weight excluding hydrogens is 340 g/mol. The van der Waals surface area contributed by atoms with E-state index in [9.17, 15) is 4.79 Å². The third-order valence-corrected chi connectivity index (χ3v) is 5.30. The van der Waals surface area contributed by atoms with Crippen molar-refractivity contribution in [3.05, 3.63) is 59.4 Å². The van der Waals surface area contributed by atoms with Gasteiger partial charge in [0.25, 0.3) is 5.24 Å². The molecule has 2 aromatic rings. The SMILES string of the molecule is CCCC(C)c1ncccc1NC(=O)SCc1ccc(C(C)(C)C)cc1. The molecule has 1 amide bonds. The molecule has 0 radical (unpaired) electrons. The van der Waals surface area contributed by atoms with Crippen LogP contribution in [0.1, 0.15) is 70.2 Å². The van der Waals surface area contributed by atoms with E-state index in [1.807, 2.05) is 12.1 Å². The summed E-state index contributed by atoms with van der Waals surface area (Å²) in [5.41, 5.74) is 4.41. The van der Waals surface area contributed by atoms with E-state index in [-0.39, 0.29) is 10.7 Å². The van der Waals surface area contributed by atoms with Gasteiger partial charge in [0.2, 0.25) is 0 Å². The minimum atomic E-state index is -0.0390. The van der Waals surface area contributed by atoms with Gasteiger partial charge in [0.1, 0.15) is 0 Å². The first-order valence-corrected chi connectivity index (χ1v) is 10.3. The Kier molecular flexibility index (Phi) is 7.27. The van der Waals surface area contributed by atoms with Crippen molar-refractivity contribution in [3.63, 3.8) is 0 Å². The number of amides is 1. The van der Waals surface area contributed by atoms with E-state index in [2.05, 4.69) is 69.2 Å². The van der Waals surface area contributed by atoms with Crippen LogP contribution in [-0.4, -0.2) is 10.2 Å². The molecule has 1 heterocycles. The zero-order chi connectivity index (χ0) is 19.2. The lowest BCUT2D eigenvalue weighted by Gasteiger charge is -2.19. The number of anilines is 1. The Morgan fingerprint density at radius 2 is 1.88 bits per heavy atom. The molecule has 1 aromatic heterocycles. The van der Waals surface area contributed by atoms with Crippen molar-refractivity contribution in [1.29, 1.82) is 0 Å². The first-order chi connectivity index (χ1) is 12.3. The molecule has 1 aromatic carbocycles. The topological polar surface area (TPSA) is 42.0 Å². The van der Waals surface area contributed by atoms with Crippen LogP contribution in [-0.2, 0) is 11.2 Å². The number of nitrogens with one attached hydrogen (secondary N) is 1. The maximum atomic E-state index is 12.4. The van der Waals surface area contributed by atoms with Gasteiger partial charge in [0.15, 0.2) is 0 Å². The summed E-state index contributed by atoms with van der Waals surface area (Å²) in [6.07, 6.45) is 3.96. The highest BCUT2D eigenvalue weighted by molar-refractivity contribution is 8.13. The maximum Gasteiger partial charge on any atom is 0.283 e. The summed E-state index contributed by atoms with van der Waals surface area (Å²) in [6, 6.07) is 12.3. The third-order valence-electron chi connectivity index (χ3n) is 4.45. The molecule has 1 atom stereocenters. The average Bonchev–Trinajstić information content (AvgIpc) is 2.60. The van der Waals surface area contributed by atoms with Gasteiger partial charge >= 0.3 is 0 Å². The number of benzene rings is 1. The van der Waals surface area contributed by atoms with Gasteiger partial charge in [-0.3, -0.25) is 9.78 Å². The van der Waals surface area contributed by atoms with E-state index in [0.717, 1.165) is 29.8 Å². The summed E-state index contributed by atoms with van der Waals surface area (Å²) < 4.78 is 0. The number of carbonyl (C=O) groups excluding carboxylic acids is 1. The monoisotopic (exact) mass is 370 g/mol. The predicted octanol–water partition coefficient (Wildman–Crippen LogP) is 6.75. The molecule has 0 bridgehead atoms. The van der Waals surface area contributed by atoms with Crippen LogP contribution in [0, 0.1) is 0 Å². The Labute approximate surface area is 162 Å². The molecule has 3 nitrogen and oxygen atoms in total. The van der Waals surface area contributed by atoms with Crippen LogP contribution < -0.4 is 5.32 Å². The van der Waals surface area contributed by atoms with Crippen molar-refractivity contribution < 1.29 is 4.79 Å². The fraction of sp³-hybridized carbons (Fsp3) is 0.455. The minimum absolute atomic E-state index is 0.0390. The molecule has 0 fully saturated rings. The van der Waals surface area contributed by atoms with Crippen LogP contribution in [0.15, 0.2) is 42.6 Å². The highest BCUT2D eigenvalue weighted by Crippen LogP contribution is 2.27. The van der Waals surface area contributed by atoms with Gasteiger partial charge in [-0.25, -0.2) is 0 Å². The highest BCUT2D eigenvalue weighted by Gasteiger charge is 2.15. The summed E-state index contributed by atoms with van der Waals surface area (Å²) in [5.74, 6) is 1.00. The lowest BCUT2D eigenvalue weighted by atomic mass is 9.87. The second-order valence-electron chi connectivity index (χ2n) is 7.77. The van der Waals surface area contributed by atoms with E-state index < -0.39 is 0 Å². The molecular formula is C22H30N2OS. The zero-order valence-electron chi connectivity index (χ0n) is 16.5. The van der Waals surface area contributed by atoms with Gasteiger partial charge in [0, 0.05) is 17.9 Å². The molecule has 0 aliphatic rings. The number of nitrogens with zero attached hydrogens (tertiary/aromatic N) is 1. The van der Waals surface area contributed by atoms with Crippen molar-refractivity contribution in [2.45, 2.75) is 64.5 Å². The van der Waals surface area contributed by atoms with Gasteiger partial charge in [-0.05, 0) is 35.1 Å². The molecule has 4 heteroatoms. The van der Waals surface area contributed by atoms with Gasteiger partial charge in [0.05, 0.1) is 11.4 Å². The zero-order valence-corrected chi connectivity index (χ0v) is 17.3.